The Kier molecular flexibility index (Phi) is 6.27. The van der Waals surface area contributed by atoms with Crippen molar-refractivity contribution in [1.29, 1.82) is 0 Å². The van der Waals surface area contributed by atoms with Crippen molar-refractivity contribution in [2.75, 3.05) is 5.32 Å². The van der Waals surface area contributed by atoms with Gasteiger partial charge in [-0.05, 0) is 42.0 Å². The van der Waals surface area contributed by atoms with E-state index in [2.05, 4.69) is 31.2 Å². The fourth-order valence-corrected chi connectivity index (χ4v) is 3.29. The number of hydrogen-bond donors (Lipinski definition) is 2. The van der Waals surface area contributed by atoms with Crippen LogP contribution in [0.1, 0.15) is 26.3 Å². The summed E-state index contributed by atoms with van der Waals surface area (Å²) in [4.78, 5) is 33.1. The lowest BCUT2D eigenvalue weighted by Gasteiger charge is -2.13. The van der Waals surface area contributed by atoms with Crippen molar-refractivity contribution in [3.63, 3.8) is 0 Å². The molecule has 0 spiro atoms. The quantitative estimate of drug-likeness (QED) is 0.401. The Labute approximate surface area is 192 Å². The number of amides is 2. The van der Waals surface area contributed by atoms with Crippen LogP contribution in [0.25, 0.3) is 0 Å². The Bertz CT molecular complexity index is 1270. The molecule has 9 heteroatoms. The van der Waals surface area contributed by atoms with E-state index in [4.69, 9.17) is 10.5 Å². The monoisotopic (exact) mass is 491 g/mol. The molecule has 32 heavy (non-hydrogen) atoms. The third-order valence-electron chi connectivity index (χ3n) is 4.58. The molecular formula is C23H18BrN5O3. The number of rotatable bonds is 7. The maximum Gasteiger partial charge on any atom is 0.263 e. The highest BCUT2D eigenvalue weighted by Crippen LogP contribution is 2.26. The van der Waals surface area contributed by atoms with Crippen LogP contribution < -0.4 is 15.8 Å². The molecule has 0 radical (unpaired) electrons. The third kappa shape index (κ3) is 4.84. The van der Waals surface area contributed by atoms with Gasteiger partial charge in [-0.1, -0.05) is 40.2 Å². The summed E-state index contributed by atoms with van der Waals surface area (Å²) in [6, 6.07) is 17.6. The van der Waals surface area contributed by atoms with Gasteiger partial charge in [0.1, 0.15) is 11.3 Å². The Morgan fingerprint density at radius 1 is 0.969 bits per heavy atom. The van der Waals surface area contributed by atoms with Gasteiger partial charge in [0.15, 0.2) is 0 Å². The number of carbonyl (C=O) groups excluding carboxylic acids is 2. The summed E-state index contributed by atoms with van der Waals surface area (Å²) in [5.41, 5.74) is 6.84. The molecule has 0 saturated heterocycles. The summed E-state index contributed by atoms with van der Waals surface area (Å²) >= 11 is 3.42. The smallest absolute Gasteiger partial charge is 0.263 e. The molecule has 2 heterocycles. The predicted octanol–water partition coefficient (Wildman–Crippen LogP) is 4.23. The third-order valence-corrected chi connectivity index (χ3v) is 5.11. The molecule has 2 aromatic heterocycles. The molecule has 0 saturated carbocycles. The van der Waals surface area contributed by atoms with Crippen LogP contribution in [0.2, 0.25) is 0 Å². The maximum atomic E-state index is 13.0. The number of carbonyl (C=O) groups is 2. The molecule has 4 aromatic rings. The first-order valence-electron chi connectivity index (χ1n) is 9.60. The molecule has 4 rings (SSSR count). The minimum absolute atomic E-state index is 0.0460. The predicted molar refractivity (Wildman–Crippen MR) is 123 cm³/mol. The van der Waals surface area contributed by atoms with Crippen molar-refractivity contribution in [2.45, 2.75) is 6.54 Å². The van der Waals surface area contributed by atoms with E-state index in [0.717, 1.165) is 10.0 Å². The van der Waals surface area contributed by atoms with Crippen LogP contribution in [0.15, 0.2) is 83.7 Å². The molecular weight excluding hydrogens is 474 g/mol. The van der Waals surface area contributed by atoms with E-state index in [0.29, 0.717) is 12.5 Å². The van der Waals surface area contributed by atoms with Crippen LogP contribution in [-0.4, -0.2) is 26.3 Å². The van der Waals surface area contributed by atoms with Gasteiger partial charge in [-0.3, -0.25) is 14.9 Å². The van der Waals surface area contributed by atoms with Crippen LogP contribution in [0.4, 0.5) is 5.95 Å². The van der Waals surface area contributed by atoms with Gasteiger partial charge in [0.25, 0.3) is 11.8 Å². The molecule has 2 aromatic carbocycles. The Morgan fingerprint density at radius 3 is 2.50 bits per heavy atom. The Morgan fingerprint density at radius 2 is 1.72 bits per heavy atom. The average molecular weight is 492 g/mol. The number of nitrogens with one attached hydrogen (secondary N) is 1. The molecule has 0 unspecified atom stereocenters. The first-order valence-corrected chi connectivity index (χ1v) is 10.4. The van der Waals surface area contributed by atoms with E-state index in [1.165, 1.54) is 6.20 Å². The van der Waals surface area contributed by atoms with Gasteiger partial charge in [-0.25, -0.2) is 9.97 Å². The lowest BCUT2D eigenvalue weighted by Crippen LogP contribution is -2.18. The Hall–Kier alpha value is -3.98. The summed E-state index contributed by atoms with van der Waals surface area (Å²) in [6.07, 6.45) is 4.88. The minimum Gasteiger partial charge on any atom is -0.437 e. The topological polar surface area (TPSA) is 112 Å². The molecule has 0 aliphatic rings. The number of hydrogen-bond acceptors (Lipinski definition) is 5. The van der Waals surface area contributed by atoms with Crippen molar-refractivity contribution in [3.05, 3.63) is 100 Å². The first-order chi connectivity index (χ1) is 15.5. The summed E-state index contributed by atoms with van der Waals surface area (Å²) in [6.45, 7) is 0.533. The first kappa shape index (κ1) is 21.3. The van der Waals surface area contributed by atoms with Crippen LogP contribution >= 0.6 is 15.9 Å². The lowest BCUT2D eigenvalue weighted by atomic mass is 10.2. The van der Waals surface area contributed by atoms with Gasteiger partial charge in [0.05, 0.1) is 12.1 Å². The largest absolute Gasteiger partial charge is 0.437 e. The number of aromatic nitrogens is 3. The number of pyridine rings is 1. The number of para-hydroxylation sites is 1. The molecule has 3 N–H and O–H groups in total. The molecule has 0 fully saturated rings. The maximum absolute atomic E-state index is 13.0. The van der Waals surface area contributed by atoms with Crippen LogP contribution in [0.3, 0.4) is 0 Å². The highest BCUT2D eigenvalue weighted by Gasteiger charge is 2.18. The second-order valence-corrected chi connectivity index (χ2v) is 7.69. The van der Waals surface area contributed by atoms with Crippen molar-refractivity contribution in [2.24, 2.45) is 5.73 Å². The minimum atomic E-state index is -0.641. The van der Waals surface area contributed by atoms with Crippen LogP contribution in [-0.2, 0) is 6.54 Å². The molecule has 0 aliphatic carbocycles. The number of imidazole rings is 1. The second kappa shape index (κ2) is 9.44. The normalized spacial score (nSPS) is 10.5. The number of ether oxygens (including phenoxy) is 1. The molecule has 0 atom stereocenters. The number of nitrogens with zero attached hydrogens (tertiary/aromatic N) is 3. The van der Waals surface area contributed by atoms with Crippen molar-refractivity contribution < 1.29 is 14.3 Å². The molecule has 0 bridgehead atoms. The van der Waals surface area contributed by atoms with E-state index < -0.39 is 11.8 Å². The van der Waals surface area contributed by atoms with Crippen molar-refractivity contribution >= 4 is 33.7 Å². The summed E-state index contributed by atoms with van der Waals surface area (Å²) < 4.78 is 8.58. The molecule has 160 valence electrons. The molecule has 0 aliphatic heterocycles. The van der Waals surface area contributed by atoms with Gasteiger partial charge in [0.2, 0.25) is 11.8 Å². The zero-order chi connectivity index (χ0) is 22.5. The molecule has 2 amide bonds. The van der Waals surface area contributed by atoms with E-state index in [9.17, 15) is 9.59 Å². The van der Waals surface area contributed by atoms with Crippen LogP contribution in [0, 0.1) is 0 Å². The van der Waals surface area contributed by atoms with Crippen LogP contribution in [0.5, 0.6) is 11.6 Å². The number of nitrogens with two attached hydrogens (primary N) is 1. The van der Waals surface area contributed by atoms with Gasteiger partial charge in [-0.15, -0.1) is 0 Å². The highest BCUT2D eigenvalue weighted by molar-refractivity contribution is 9.10. The lowest BCUT2D eigenvalue weighted by molar-refractivity contribution is 0.0997. The zero-order valence-electron chi connectivity index (χ0n) is 16.7. The number of benzene rings is 2. The SMILES string of the molecule is NC(=O)c1ccccc1Oc1ncccc1C(=O)Nc1nccn1Cc1ccc(Br)cc1. The molecule has 8 nitrogen and oxygen atoms in total. The number of anilines is 1. The Balaban J connectivity index is 1.55. The summed E-state index contributed by atoms with van der Waals surface area (Å²) in [7, 11) is 0. The zero-order valence-corrected chi connectivity index (χ0v) is 18.3. The van der Waals surface area contributed by atoms with E-state index in [1.807, 2.05) is 28.8 Å². The average Bonchev–Trinajstić information content (AvgIpc) is 3.22. The van der Waals surface area contributed by atoms with Crippen molar-refractivity contribution in [3.8, 4) is 11.6 Å². The van der Waals surface area contributed by atoms with E-state index >= 15 is 0 Å². The number of primary amides is 1. The van der Waals surface area contributed by atoms with Gasteiger partial charge < -0.3 is 15.0 Å². The van der Waals surface area contributed by atoms with Gasteiger partial charge in [0, 0.05) is 23.1 Å². The van der Waals surface area contributed by atoms with Crippen molar-refractivity contribution in [1.82, 2.24) is 14.5 Å². The second-order valence-electron chi connectivity index (χ2n) is 6.78. The van der Waals surface area contributed by atoms with E-state index in [1.54, 1.807) is 48.8 Å². The van der Waals surface area contributed by atoms with Gasteiger partial charge in [-0.2, -0.15) is 0 Å². The highest BCUT2D eigenvalue weighted by atomic mass is 79.9. The fraction of sp³-hybridized carbons (Fsp3) is 0.0435. The fourth-order valence-electron chi connectivity index (χ4n) is 3.02. The van der Waals surface area contributed by atoms with E-state index in [-0.39, 0.29) is 22.8 Å². The van der Waals surface area contributed by atoms with Gasteiger partial charge >= 0.3 is 0 Å². The summed E-state index contributed by atoms with van der Waals surface area (Å²) in [5, 5.41) is 2.79. The number of halogens is 1. The standard InChI is InChI=1S/C23H18BrN5O3/c24-16-9-7-15(8-10-16)14-29-13-12-27-23(29)28-21(31)18-5-3-11-26-22(18)32-19-6-2-1-4-17(19)20(25)30/h1-13H,14H2,(H2,25,30)(H,27,28,31). The summed E-state index contributed by atoms with van der Waals surface area (Å²) in [5.74, 6) is -0.454.